The zero-order chi connectivity index (χ0) is 12.3. The molecular weight excluding hydrogens is 230 g/mol. The maximum atomic E-state index is 5.82. The van der Waals surface area contributed by atoms with Crippen LogP contribution in [0.1, 0.15) is 49.4 Å². The molecule has 96 valence electrons. The van der Waals surface area contributed by atoms with Crippen molar-refractivity contribution < 1.29 is 0 Å². The first kappa shape index (κ1) is 13.0. The molecule has 1 fully saturated rings. The third-order valence-corrected chi connectivity index (χ3v) is 4.53. The number of rotatable bonds is 5. The van der Waals surface area contributed by atoms with Crippen LogP contribution >= 0.6 is 11.3 Å². The molecule has 1 heterocycles. The molecule has 2 N–H and O–H groups in total. The van der Waals surface area contributed by atoms with Crippen molar-refractivity contribution in [2.24, 2.45) is 11.7 Å². The van der Waals surface area contributed by atoms with E-state index in [1.807, 2.05) is 6.92 Å². The Hall–Kier alpha value is -0.450. The third kappa shape index (κ3) is 3.76. The molecule has 1 aliphatic rings. The topological polar surface area (TPSA) is 42.1 Å². The van der Waals surface area contributed by atoms with E-state index in [-0.39, 0.29) is 6.04 Å². The highest BCUT2D eigenvalue weighted by atomic mass is 32.1. The van der Waals surface area contributed by atoms with Crippen LogP contribution in [0.5, 0.6) is 0 Å². The standard InChI is InChI=1S/C13H23N3S/c1-10(14)13-15-12(9-17-13)8-16(2)7-11-5-3-4-6-11/h9-11H,3-8,14H2,1-2H3. The normalized spacial score (nSPS) is 19.1. The Kier molecular flexibility index (Phi) is 4.54. The van der Waals surface area contributed by atoms with Gasteiger partial charge in [-0.3, -0.25) is 0 Å². The van der Waals surface area contributed by atoms with Gasteiger partial charge < -0.3 is 10.6 Å². The summed E-state index contributed by atoms with van der Waals surface area (Å²) in [5, 5.41) is 3.19. The Bertz CT molecular complexity index is 342. The van der Waals surface area contributed by atoms with Gasteiger partial charge in [0.25, 0.3) is 0 Å². The summed E-state index contributed by atoms with van der Waals surface area (Å²) in [5.74, 6) is 0.909. The lowest BCUT2D eigenvalue weighted by atomic mass is 10.1. The van der Waals surface area contributed by atoms with Crippen LogP contribution in [-0.4, -0.2) is 23.5 Å². The van der Waals surface area contributed by atoms with Crippen LogP contribution in [0.15, 0.2) is 5.38 Å². The van der Waals surface area contributed by atoms with Crippen LogP contribution in [0, 0.1) is 5.92 Å². The number of hydrogen-bond donors (Lipinski definition) is 1. The third-order valence-electron chi connectivity index (χ3n) is 3.44. The van der Waals surface area contributed by atoms with Crippen molar-refractivity contribution in [2.45, 2.75) is 45.2 Å². The average Bonchev–Trinajstić information content (AvgIpc) is 2.88. The lowest BCUT2D eigenvalue weighted by Gasteiger charge is -2.19. The van der Waals surface area contributed by atoms with Crippen LogP contribution in [0.25, 0.3) is 0 Å². The Morgan fingerprint density at radius 3 is 2.82 bits per heavy atom. The lowest BCUT2D eigenvalue weighted by molar-refractivity contribution is 0.269. The minimum atomic E-state index is 0.0638. The van der Waals surface area contributed by atoms with Crippen molar-refractivity contribution in [3.05, 3.63) is 16.1 Å². The van der Waals surface area contributed by atoms with Crippen molar-refractivity contribution in [1.82, 2.24) is 9.88 Å². The number of aromatic nitrogens is 1. The van der Waals surface area contributed by atoms with Crippen LogP contribution < -0.4 is 5.73 Å². The second-order valence-corrected chi connectivity index (χ2v) is 6.20. The van der Waals surface area contributed by atoms with E-state index < -0.39 is 0 Å². The zero-order valence-corrected chi connectivity index (χ0v) is 11.7. The summed E-state index contributed by atoms with van der Waals surface area (Å²) in [6.07, 6.45) is 5.66. The summed E-state index contributed by atoms with van der Waals surface area (Å²) in [6, 6.07) is 0.0638. The van der Waals surface area contributed by atoms with Gasteiger partial charge in [0.2, 0.25) is 0 Å². The van der Waals surface area contributed by atoms with Gasteiger partial charge in [0.15, 0.2) is 0 Å². The molecule has 1 aromatic rings. The monoisotopic (exact) mass is 253 g/mol. The maximum absolute atomic E-state index is 5.82. The molecule has 1 atom stereocenters. The smallest absolute Gasteiger partial charge is 0.109 e. The Morgan fingerprint density at radius 2 is 2.24 bits per heavy atom. The Morgan fingerprint density at radius 1 is 1.53 bits per heavy atom. The first-order valence-corrected chi connectivity index (χ1v) is 7.41. The minimum absolute atomic E-state index is 0.0638. The first-order valence-electron chi connectivity index (χ1n) is 6.53. The van der Waals surface area contributed by atoms with E-state index in [0.29, 0.717) is 0 Å². The fourth-order valence-corrected chi connectivity index (χ4v) is 3.35. The van der Waals surface area contributed by atoms with E-state index in [1.165, 1.54) is 37.9 Å². The molecule has 1 saturated carbocycles. The summed E-state index contributed by atoms with van der Waals surface area (Å²) in [4.78, 5) is 6.97. The van der Waals surface area contributed by atoms with Gasteiger partial charge in [-0.2, -0.15) is 0 Å². The van der Waals surface area contributed by atoms with Gasteiger partial charge in [0.05, 0.1) is 11.7 Å². The fraction of sp³-hybridized carbons (Fsp3) is 0.769. The molecule has 2 rings (SSSR count). The van der Waals surface area contributed by atoms with Gasteiger partial charge >= 0.3 is 0 Å². The van der Waals surface area contributed by atoms with E-state index in [1.54, 1.807) is 11.3 Å². The van der Waals surface area contributed by atoms with Gasteiger partial charge in [0.1, 0.15) is 5.01 Å². The highest BCUT2D eigenvalue weighted by Gasteiger charge is 2.17. The van der Waals surface area contributed by atoms with Gasteiger partial charge in [-0.1, -0.05) is 12.8 Å². The van der Waals surface area contributed by atoms with Crippen LogP contribution in [-0.2, 0) is 6.54 Å². The molecule has 3 nitrogen and oxygen atoms in total. The predicted molar refractivity (Wildman–Crippen MR) is 73.0 cm³/mol. The molecule has 0 aliphatic heterocycles. The van der Waals surface area contributed by atoms with Crippen LogP contribution in [0.2, 0.25) is 0 Å². The van der Waals surface area contributed by atoms with Gasteiger partial charge in [0, 0.05) is 18.5 Å². The molecule has 0 saturated heterocycles. The predicted octanol–water partition coefficient (Wildman–Crippen LogP) is 2.78. The molecule has 1 aliphatic carbocycles. The summed E-state index contributed by atoms with van der Waals surface area (Å²) < 4.78 is 0. The highest BCUT2D eigenvalue weighted by Crippen LogP contribution is 2.25. The molecule has 0 bridgehead atoms. The van der Waals surface area contributed by atoms with Crippen molar-refractivity contribution in [3.63, 3.8) is 0 Å². The number of hydrogen-bond acceptors (Lipinski definition) is 4. The summed E-state index contributed by atoms with van der Waals surface area (Å²) in [5.41, 5.74) is 6.99. The van der Waals surface area contributed by atoms with Crippen molar-refractivity contribution in [3.8, 4) is 0 Å². The average molecular weight is 253 g/mol. The zero-order valence-electron chi connectivity index (χ0n) is 10.9. The van der Waals surface area contributed by atoms with Crippen LogP contribution in [0.4, 0.5) is 0 Å². The van der Waals surface area contributed by atoms with Crippen molar-refractivity contribution in [1.29, 1.82) is 0 Å². The van der Waals surface area contributed by atoms with Crippen molar-refractivity contribution >= 4 is 11.3 Å². The van der Waals surface area contributed by atoms with E-state index in [9.17, 15) is 0 Å². The fourth-order valence-electron chi connectivity index (χ4n) is 2.58. The minimum Gasteiger partial charge on any atom is -0.322 e. The molecule has 1 unspecified atom stereocenters. The first-order chi connectivity index (χ1) is 8.15. The number of thiazole rings is 1. The molecule has 1 aromatic heterocycles. The Labute approximate surface area is 108 Å². The Balaban J connectivity index is 1.82. The summed E-state index contributed by atoms with van der Waals surface area (Å²) >= 11 is 1.68. The van der Waals surface area contributed by atoms with Crippen LogP contribution in [0.3, 0.4) is 0 Å². The second-order valence-electron chi connectivity index (χ2n) is 5.31. The largest absolute Gasteiger partial charge is 0.322 e. The SMILES string of the molecule is CC(N)c1nc(CN(C)CC2CCCC2)cs1. The molecule has 0 aromatic carbocycles. The van der Waals surface area contributed by atoms with E-state index in [2.05, 4.69) is 22.3 Å². The molecule has 17 heavy (non-hydrogen) atoms. The maximum Gasteiger partial charge on any atom is 0.109 e. The second kappa shape index (κ2) is 5.94. The molecule has 0 radical (unpaired) electrons. The van der Waals surface area contributed by atoms with Gasteiger partial charge in [-0.15, -0.1) is 11.3 Å². The molecule has 4 heteroatoms. The number of nitrogens with two attached hydrogens (primary N) is 1. The lowest BCUT2D eigenvalue weighted by Crippen LogP contribution is -2.24. The molecular formula is C13H23N3S. The summed E-state index contributed by atoms with van der Waals surface area (Å²) in [6.45, 7) is 4.16. The molecule has 0 amide bonds. The molecule has 0 spiro atoms. The van der Waals surface area contributed by atoms with Crippen molar-refractivity contribution in [2.75, 3.05) is 13.6 Å². The quantitative estimate of drug-likeness (QED) is 0.877. The van der Waals surface area contributed by atoms with E-state index in [0.717, 1.165) is 17.5 Å². The van der Waals surface area contributed by atoms with E-state index in [4.69, 9.17) is 5.73 Å². The van der Waals surface area contributed by atoms with Gasteiger partial charge in [-0.05, 0) is 32.7 Å². The van der Waals surface area contributed by atoms with E-state index >= 15 is 0 Å². The summed E-state index contributed by atoms with van der Waals surface area (Å²) in [7, 11) is 2.20. The number of nitrogens with zero attached hydrogens (tertiary/aromatic N) is 2. The van der Waals surface area contributed by atoms with Gasteiger partial charge in [-0.25, -0.2) is 4.98 Å². The highest BCUT2D eigenvalue weighted by molar-refractivity contribution is 7.09.